The molecule has 2 heterocycles. The van der Waals surface area contributed by atoms with Gasteiger partial charge in [0.15, 0.2) is 6.10 Å². The van der Waals surface area contributed by atoms with Crippen LogP contribution in [-0.4, -0.2) is 49.6 Å². The first-order valence-electron chi connectivity index (χ1n) is 9.58. The summed E-state index contributed by atoms with van der Waals surface area (Å²) in [6.07, 6.45) is 0.278. The van der Waals surface area contributed by atoms with E-state index in [1.165, 1.54) is 22.8 Å². The van der Waals surface area contributed by atoms with Crippen LogP contribution in [0.3, 0.4) is 0 Å². The van der Waals surface area contributed by atoms with Crippen molar-refractivity contribution < 1.29 is 19.1 Å². The van der Waals surface area contributed by atoms with E-state index in [2.05, 4.69) is 20.8 Å². The summed E-state index contributed by atoms with van der Waals surface area (Å²) < 4.78 is 6.84. The Balaban J connectivity index is 1.57. The van der Waals surface area contributed by atoms with Crippen LogP contribution in [0.4, 0.5) is 11.4 Å². The summed E-state index contributed by atoms with van der Waals surface area (Å²) in [6.45, 7) is 4.76. The Morgan fingerprint density at radius 2 is 1.90 bits per heavy atom. The summed E-state index contributed by atoms with van der Waals surface area (Å²) in [4.78, 5) is 39.9. The number of aromatic nitrogens is 4. The van der Waals surface area contributed by atoms with Crippen LogP contribution in [-0.2, 0) is 14.3 Å². The van der Waals surface area contributed by atoms with Crippen molar-refractivity contribution in [2.75, 3.05) is 10.2 Å². The van der Waals surface area contributed by atoms with Crippen LogP contribution in [0.2, 0.25) is 0 Å². The average Bonchev–Trinajstić information content (AvgIpc) is 3.29. The van der Waals surface area contributed by atoms with Gasteiger partial charge >= 0.3 is 5.97 Å². The van der Waals surface area contributed by atoms with E-state index in [-0.39, 0.29) is 11.5 Å². The minimum atomic E-state index is -1.16. The standard InChI is InChI=1S/C21H20N6O4/c1-13(31-19(29)14-7-6-8-15(11-14)26-12-22-24-25-26)18(28)27-17-10-5-4-9-16(17)23-20(30)21(27,2)3/h4-13H,1-3H3,(H,23,30). The third-order valence-electron chi connectivity index (χ3n) is 5.06. The van der Waals surface area contributed by atoms with Gasteiger partial charge in [0.2, 0.25) is 5.91 Å². The Labute approximate surface area is 177 Å². The van der Waals surface area contributed by atoms with E-state index in [9.17, 15) is 14.4 Å². The molecule has 10 nitrogen and oxygen atoms in total. The highest BCUT2D eigenvalue weighted by atomic mass is 16.5. The van der Waals surface area contributed by atoms with E-state index in [0.29, 0.717) is 17.1 Å². The van der Waals surface area contributed by atoms with Gasteiger partial charge in [0.25, 0.3) is 5.91 Å². The second-order valence-corrected chi connectivity index (χ2v) is 7.56. The van der Waals surface area contributed by atoms with Gasteiger partial charge in [-0.3, -0.25) is 14.5 Å². The molecule has 1 aliphatic heterocycles. The van der Waals surface area contributed by atoms with Crippen LogP contribution in [0.25, 0.3) is 5.69 Å². The second-order valence-electron chi connectivity index (χ2n) is 7.56. The summed E-state index contributed by atoms with van der Waals surface area (Å²) >= 11 is 0. The van der Waals surface area contributed by atoms with Crippen LogP contribution < -0.4 is 10.2 Å². The lowest BCUT2D eigenvalue weighted by molar-refractivity contribution is -0.131. The molecule has 158 valence electrons. The van der Waals surface area contributed by atoms with Gasteiger partial charge in [-0.25, -0.2) is 9.48 Å². The number of anilines is 2. The van der Waals surface area contributed by atoms with Crippen molar-refractivity contribution in [1.29, 1.82) is 0 Å². The van der Waals surface area contributed by atoms with Gasteiger partial charge in [-0.05, 0) is 61.5 Å². The molecule has 0 radical (unpaired) electrons. The fourth-order valence-corrected chi connectivity index (χ4v) is 3.36. The Hall–Kier alpha value is -4.08. The molecule has 1 aliphatic rings. The molecule has 3 aromatic rings. The Morgan fingerprint density at radius 3 is 2.65 bits per heavy atom. The number of rotatable bonds is 4. The first-order valence-corrected chi connectivity index (χ1v) is 9.58. The smallest absolute Gasteiger partial charge is 0.338 e. The topological polar surface area (TPSA) is 119 Å². The molecule has 4 rings (SSSR count). The largest absolute Gasteiger partial charge is 0.449 e. The number of ether oxygens (including phenoxy) is 1. The maximum absolute atomic E-state index is 13.3. The van der Waals surface area contributed by atoms with Gasteiger partial charge in [0.05, 0.1) is 22.6 Å². The van der Waals surface area contributed by atoms with Crippen molar-refractivity contribution in [3.8, 4) is 5.69 Å². The van der Waals surface area contributed by atoms with Crippen LogP contribution in [0.15, 0.2) is 54.9 Å². The van der Waals surface area contributed by atoms with Crippen LogP contribution >= 0.6 is 0 Å². The van der Waals surface area contributed by atoms with E-state index >= 15 is 0 Å². The lowest BCUT2D eigenvalue weighted by Gasteiger charge is -2.42. The molecule has 0 spiro atoms. The van der Waals surface area contributed by atoms with Gasteiger partial charge in [-0.1, -0.05) is 18.2 Å². The predicted molar refractivity (Wildman–Crippen MR) is 111 cm³/mol. The third-order valence-corrected chi connectivity index (χ3v) is 5.06. The summed E-state index contributed by atoms with van der Waals surface area (Å²) in [5, 5.41) is 13.7. The molecule has 10 heteroatoms. The summed E-state index contributed by atoms with van der Waals surface area (Å²) in [7, 11) is 0. The number of carbonyl (C=O) groups excluding carboxylic acids is 3. The van der Waals surface area contributed by atoms with Crippen molar-refractivity contribution in [3.05, 3.63) is 60.4 Å². The first-order chi connectivity index (χ1) is 14.8. The normalized spacial score (nSPS) is 15.6. The summed E-state index contributed by atoms with van der Waals surface area (Å²) in [5.74, 6) is -1.51. The number of nitrogens with zero attached hydrogens (tertiary/aromatic N) is 5. The van der Waals surface area contributed by atoms with Crippen LogP contribution in [0.1, 0.15) is 31.1 Å². The van der Waals surface area contributed by atoms with Crippen LogP contribution in [0.5, 0.6) is 0 Å². The van der Waals surface area contributed by atoms with Gasteiger partial charge < -0.3 is 10.1 Å². The molecule has 2 amide bonds. The second kappa shape index (κ2) is 7.63. The van der Waals surface area contributed by atoms with E-state index in [0.717, 1.165) is 0 Å². The number of carbonyl (C=O) groups is 3. The number of amides is 2. The Morgan fingerprint density at radius 1 is 1.13 bits per heavy atom. The average molecular weight is 420 g/mol. The van der Waals surface area contributed by atoms with Crippen LogP contribution in [0, 0.1) is 0 Å². The van der Waals surface area contributed by atoms with E-state index in [4.69, 9.17) is 4.74 Å². The summed E-state index contributed by atoms with van der Waals surface area (Å²) in [5.41, 5.74) is 0.713. The number of esters is 1. The van der Waals surface area contributed by atoms with Crippen molar-refractivity contribution in [2.45, 2.75) is 32.4 Å². The molecule has 0 fully saturated rings. The highest BCUT2D eigenvalue weighted by Crippen LogP contribution is 2.37. The molecule has 2 aromatic carbocycles. The first kappa shape index (κ1) is 20.2. The van der Waals surface area contributed by atoms with Gasteiger partial charge in [0, 0.05) is 0 Å². The third kappa shape index (κ3) is 3.63. The van der Waals surface area contributed by atoms with E-state index in [1.807, 2.05) is 0 Å². The Bertz CT molecular complexity index is 1160. The number of tetrazole rings is 1. The molecule has 31 heavy (non-hydrogen) atoms. The molecule has 0 saturated carbocycles. The quantitative estimate of drug-likeness (QED) is 0.641. The molecule has 1 atom stereocenters. The fourth-order valence-electron chi connectivity index (χ4n) is 3.36. The van der Waals surface area contributed by atoms with Gasteiger partial charge in [-0.15, -0.1) is 5.10 Å². The van der Waals surface area contributed by atoms with Crippen molar-refractivity contribution in [1.82, 2.24) is 20.2 Å². The van der Waals surface area contributed by atoms with E-state index in [1.54, 1.807) is 62.4 Å². The maximum atomic E-state index is 13.3. The molecule has 1 aromatic heterocycles. The maximum Gasteiger partial charge on any atom is 0.338 e. The molecule has 1 unspecified atom stereocenters. The van der Waals surface area contributed by atoms with Gasteiger partial charge in [-0.2, -0.15) is 0 Å². The fraction of sp³-hybridized carbons (Fsp3) is 0.238. The van der Waals surface area contributed by atoms with E-state index < -0.39 is 23.5 Å². The number of nitrogens with one attached hydrogen (secondary N) is 1. The predicted octanol–water partition coefficient (Wildman–Crippen LogP) is 1.97. The number of para-hydroxylation sites is 2. The van der Waals surface area contributed by atoms with Crippen molar-refractivity contribution in [2.24, 2.45) is 0 Å². The lowest BCUT2D eigenvalue weighted by Crippen LogP contribution is -2.60. The highest BCUT2D eigenvalue weighted by molar-refractivity contribution is 6.15. The van der Waals surface area contributed by atoms with Crippen molar-refractivity contribution in [3.63, 3.8) is 0 Å². The molecule has 1 N–H and O–H groups in total. The molecule has 0 saturated heterocycles. The molecular formula is C21H20N6O4. The molecular weight excluding hydrogens is 400 g/mol. The number of fused-ring (bicyclic) bond motifs is 1. The number of hydrogen-bond donors (Lipinski definition) is 1. The Kier molecular flexibility index (Phi) is 4.97. The minimum Gasteiger partial charge on any atom is -0.449 e. The highest BCUT2D eigenvalue weighted by Gasteiger charge is 2.45. The van der Waals surface area contributed by atoms with Crippen molar-refractivity contribution >= 4 is 29.2 Å². The minimum absolute atomic E-state index is 0.240. The lowest BCUT2D eigenvalue weighted by atomic mass is 9.95. The zero-order chi connectivity index (χ0) is 22.2. The zero-order valence-electron chi connectivity index (χ0n) is 17.1. The zero-order valence-corrected chi connectivity index (χ0v) is 17.1. The number of hydrogen-bond acceptors (Lipinski definition) is 7. The monoisotopic (exact) mass is 420 g/mol. The summed E-state index contributed by atoms with van der Waals surface area (Å²) in [6, 6.07) is 13.5. The SMILES string of the molecule is CC(OC(=O)c1cccc(-n2cnnn2)c1)C(=O)N1c2ccccc2NC(=O)C1(C)C. The molecule has 0 aliphatic carbocycles. The number of benzene rings is 2. The molecule has 0 bridgehead atoms. The van der Waals surface area contributed by atoms with Gasteiger partial charge in [0.1, 0.15) is 11.9 Å².